The van der Waals surface area contributed by atoms with Crippen LogP contribution in [-0.4, -0.2) is 52.8 Å². The number of fused-ring (bicyclic) bond motifs is 1. The largest absolute Gasteiger partial charge is 0.341 e. The van der Waals surface area contributed by atoms with Crippen LogP contribution >= 0.6 is 11.3 Å². The van der Waals surface area contributed by atoms with Gasteiger partial charge in [-0.2, -0.15) is 0 Å². The van der Waals surface area contributed by atoms with Gasteiger partial charge in [0, 0.05) is 32.0 Å². The molecule has 2 aliphatic rings. The van der Waals surface area contributed by atoms with Crippen LogP contribution in [0.25, 0.3) is 10.2 Å². The van der Waals surface area contributed by atoms with Crippen LogP contribution in [-0.2, 0) is 9.59 Å². The number of rotatable bonds is 3. The van der Waals surface area contributed by atoms with E-state index < -0.39 is 0 Å². The van der Waals surface area contributed by atoms with Crippen LogP contribution in [0, 0.1) is 0 Å². The van der Waals surface area contributed by atoms with Gasteiger partial charge in [-0.05, 0) is 37.8 Å². The number of piperidine rings is 1. The zero-order chi connectivity index (χ0) is 17.9. The maximum atomic E-state index is 12.6. The highest BCUT2D eigenvalue weighted by atomic mass is 32.1. The van der Waals surface area contributed by atoms with Gasteiger partial charge in [-0.1, -0.05) is 18.6 Å². The summed E-state index contributed by atoms with van der Waals surface area (Å²) < 4.78 is 1.24. The van der Waals surface area contributed by atoms with Gasteiger partial charge in [0.15, 0.2) is 0 Å². The third kappa shape index (κ3) is 3.75. The molecule has 0 atom stereocenters. The van der Waals surface area contributed by atoms with E-state index in [1.54, 1.807) is 16.2 Å². The number of likely N-dealkylation sites (tertiary alicyclic amines) is 2. The topological polar surface area (TPSA) is 53.5 Å². The van der Waals surface area contributed by atoms with Gasteiger partial charge in [-0.25, -0.2) is 4.98 Å². The van der Waals surface area contributed by atoms with Crippen molar-refractivity contribution < 1.29 is 9.59 Å². The van der Waals surface area contributed by atoms with E-state index in [4.69, 9.17) is 4.98 Å². The van der Waals surface area contributed by atoms with Crippen molar-refractivity contribution >= 4 is 33.4 Å². The van der Waals surface area contributed by atoms with Crippen LogP contribution in [0.15, 0.2) is 24.3 Å². The maximum Gasteiger partial charge on any atom is 0.242 e. The number of thiazole rings is 1. The number of benzene rings is 1. The van der Waals surface area contributed by atoms with Gasteiger partial charge >= 0.3 is 0 Å². The van der Waals surface area contributed by atoms with Crippen LogP contribution in [0.5, 0.6) is 0 Å². The quantitative estimate of drug-likeness (QED) is 0.831. The fourth-order valence-corrected chi connectivity index (χ4v) is 5.05. The molecule has 3 heterocycles. The molecule has 0 bridgehead atoms. The number of aromatic nitrogens is 1. The first-order valence-corrected chi connectivity index (χ1v) is 10.4. The average molecular weight is 372 g/mol. The normalized spacial score (nSPS) is 19.8. The summed E-state index contributed by atoms with van der Waals surface area (Å²) in [5, 5.41) is 1.20. The van der Waals surface area contributed by atoms with E-state index in [0.717, 1.165) is 57.3 Å². The third-order valence-corrected chi connectivity index (χ3v) is 6.70. The van der Waals surface area contributed by atoms with Crippen molar-refractivity contribution in [2.45, 2.75) is 44.4 Å². The summed E-state index contributed by atoms with van der Waals surface area (Å²) in [6, 6.07) is 8.26. The van der Waals surface area contributed by atoms with Crippen LogP contribution in [0.3, 0.4) is 0 Å². The summed E-state index contributed by atoms with van der Waals surface area (Å²) in [5.41, 5.74) is 1.07. The number of carbonyl (C=O) groups is 2. The number of carbonyl (C=O) groups excluding carboxylic acids is 2. The summed E-state index contributed by atoms with van der Waals surface area (Å²) in [7, 11) is 0. The van der Waals surface area contributed by atoms with E-state index in [1.807, 2.05) is 11.0 Å². The monoisotopic (exact) mass is 371 g/mol. The van der Waals surface area contributed by atoms with Crippen molar-refractivity contribution in [3.8, 4) is 0 Å². The first-order valence-electron chi connectivity index (χ1n) is 9.62. The number of para-hydroxylation sites is 1. The van der Waals surface area contributed by atoms with E-state index in [0.29, 0.717) is 12.3 Å². The molecular weight excluding hydrogens is 346 g/mol. The van der Waals surface area contributed by atoms with Crippen molar-refractivity contribution in [1.29, 1.82) is 0 Å². The number of nitrogens with zero attached hydrogens (tertiary/aromatic N) is 3. The lowest BCUT2D eigenvalue weighted by Crippen LogP contribution is -2.45. The van der Waals surface area contributed by atoms with Crippen molar-refractivity contribution in [3.63, 3.8) is 0 Å². The molecule has 5 nitrogen and oxygen atoms in total. The molecule has 0 radical (unpaired) electrons. The van der Waals surface area contributed by atoms with Crippen molar-refractivity contribution in [2.75, 3.05) is 26.2 Å². The lowest BCUT2D eigenvalue weighted by Gasteiger charge is -2.32. The predicted octanol–water partition coefficient (Wildman–Crippen LogP) is 3.40. The Morgan fingerprint density at radius 2 is 1.92 bits per heavy atom. The lowest BCUT2D eigenvalue weighted by molar-refractivity contribution is -0.140. The molecule has 2 saturated heterocycles. The van der Waals surface area contributed by atoms with Crippen molar-refractivity contribution in [2.24, 2.45) is 0 Å². The zero-order valence-electron chi connectivity index (χ0n) is 15.0. The average Bonchev–Trinajstić information content (AvgIpc) is 3.00. The van der Waals surface area contributed by atoms with E-state index in [1.165, 1.54) is 9.71 Å². The molecule has 2 aliphatic heterocycles. The molecule has 6 heteroatoms. The molecule has 1 aromatic carbocycles. The standard InChI is InChI=1S/C20H25N3O2S/c24-18-8-2-1-5-11-23(18)14-19(25)22-12-9-15(10-13-22)20-21-16-6-3-4-7-17(16)26-20/h3-4,6-7,15H,1-2,5,8-14H2. The molecule has 0 aliphatic carbocycles. The van der Waals surface area contributed by atoms with Crippen LogP contribution < -0.4 is 0 Å². The minimum absolute atomic E-state index is 0.1000. The Labute approximate surface area is 158 Å². The minimum Gasteiger partial charge on any atom is -0.341 e. The molecule has 2 aromatic rings. The molecule has 0 spiro atoms. The van der Waals surface area contributed by atoms with Gasteiger partial charge in [0.2, 0.25) is 11.8 Å². The maximum absolute atomic E-state index is 12.6. The Bertz CT molecular complexity index is 762. The van der Waals surface area contributed by atoms with E-state index in [9.17, 15) is 9.59 Å². The minimum atomic E-state index is 0.1000. The Morgan fingerprint density at radius 1 is 1.12 bits per heavy atom. The molecular formula is C20H25N3O2S. The van der Waals surface area contributed by atoms with Gasteiger partial charge in [-0.3, -0.25) is 9.59 Å². The van der Waals surface area contributed by atoms with E-state index in [2.05, 4.69) is 18.2 Å². The SMILES string of the molecule is O=C(CN1CCCCCC1=O)N1CCC(c2nc3ccccc3s2)CC1. The predicted molar refractivity (Wildman–Crippen MR) is 103 cm³/mol. The van der Waals surface area contributed by atoms with Crippen LogP contribution in [0.1, 0.15) is 49.5 Å². The Morgan fingerprint density at radius 3 is 2.73 bits per heavy atom. The van der Waals surface area contributed by atoms with Crippen LogP contribution in [0.4, 0.5) is 0 Å². The first-order chi connectivity index (χ1) is 12.7. The fourth-order valence-electron chi connectivity index (χ4n) is 3.91. The summed E-state index contributed by atoms with van der Waals surface area (Å²) in [4.78, 5) is 33.2. The lowest BCUT2D eigenvalue weighted by atomic mass is 9.97. The summed E-state index contributed by atoms with van der Waals surface area (Å²) >= 11 is 1.78. The van der Waals surface area contributed by atoms with Gasteiger partial charge < -0.3 is 9.80 Å². The van der Waals surface area contributed by atoms with Crippen molar-refractivity contribution in [1.82, 2.24) is 14.8 Å². The number of hydrogen-bond donors (Lipinski definition) is 0. The smallest absolute Gasteiger partial charge is 0.242 e. The van der Waals surface area contributed by atoms with Gasteiger partial charge in [-0.15, -0.1) is 11.3 Å². The Balaban J connectivity index is 1.34. The fraction of sp³-hybridized carbons (Fsp3) is 0.550. The molecule has 0 unspecified atom stereocenters. The molecule has 1 aromatic heterocycles. The highest BCUT2D eigenvalue weighted by Gasteiger charge is 2.28. The molecule has 2 fully saturated rings. The first kappa shape index (κ1) is 17.5. The van der Waals surface area contributed by atoms with Gasteiger partial charge in [0.1, 0.15) is 0 Å². The van der Waals surface area contributed by atoms with E-state index in [-0.39, 0.29) is 18.4 Å². The third-order valence-electron chi connectivity index (χ3n) is 5.50. The zero-order valence-corrected chi connectivity index (χ0v) is 15.8. The molecule has 2 amide bonds. The number of amides is 2. The molecule has 4 rings (SSSR count). The number of hydrogen-bond acceptors (Lipinski definition) is 4. The van der Waals surface area contributed by atoms with Gasteiger partial charge in [0.05, 0.1) is 21.8 Å². The highest BCUT2D eigenvalue weighted by Crippen LogP contribution is 2.33. The highest BCUT2D eigenvalue weighted by molar-refractivity contribution is 7.18. The van der Waals surface area contributed by atoms with Gasteiger partial charge in [0.25, 0.3) is 0 Å². The summed E-state index contributed by atoms with van der Waals surface area (Å²) in [6.07, 6.45) is 5.56. The second-order valence-corrected chi connectivity index (χ2v) is 8.36. The van der Waals surface area contributed by atoms with E-state index >= 15 is 0 Å². The van der Waals surface area contributed by atoms with Crippen molar-refractivity contribution in [3.05, 3.63) is 29.3 Å². The summed E-state index contributed by atoms with van der Waals surface area (Å²) in [6.45, 7) is 2.51. The Kier molecular flexibility index (Phi) is 5.20. The molecule has 138 valence electrons. The summed E-state index contributed by atoms with van der Waals surface area (Å²) in [5.74, 6) is 0.680. The Hall–Kier alpha value is -1.95. The molecule has 0 N–H and O–H groups in total. The second kappa shape index (κ2) is 7.74. The molecule has 26 heavy (non-hydrogen) atoms. The van der Waals surface area contributed by atoms with Crippen LogP contribution in [0.2, 0.25) is 0 Å². The second-order valence-electron chi connectivity index (χ2n) is 7.30. The molecule has 0 saturated carbocycles.